The first-order chi connectivity index (χ1) is 15.5. The molecule has 172 valence electrons. The van der Waals surface area contributed by atoms with Crippen molar-refractivity contribution in [1.29, 1.82) is 0 Å². The van der Waals surface area contributed by atoms with Crippen LogP contribution in [0.1, 0.15) is 25.0 Å². The summed E-state index contributed by atoms with van der Waals surface area (Å²) < 4.78 is 30.9. The zero-order valence-electron chi connectivity index (χ0n) is 18.6. The summed E-state index contributed by atoms with van der Waals surface area (Å²) >= 11 is 0. The lowest BCUT2D eigenvalue weighted by atomic mass is 9.84. The van der Waals surface area contributed by atoms with Crippen LogP contribution in [0.4, 0.5) is 0 Å². The lowest BCUT2D eigenvalue weighted by Crippen LogP contribution is -2.64. The molecular formula is C26H32O6. The van der Waals surface area contributed by atoms with E-state index < -0.39 is 42.4 Å². The highest BCUT2D eigenvalue weighted by atomic mass is 16.8. The first-order valence-electron chi connectivity index (χ1n) is 11.1. The van der Waals surface area contributed by atoms with Crippen LogP contribution in [0, 0.1) is 0 Å². The molecule has 1 saturated heterocycles. The number of rotatable bonds is 9. The summed E-state index contributed by atoms with van der Waals surface area (Å²) in [4.78, 5) is 0. The molecule has 6 atom stereocenters. The van der Waals surface area contributed by atoms with E-state index in [2.05, 4.69) is 6.58 Å². The van der Waals surface area contributed by atoms with Gasteiger partial charge in [0.05, 0.1) is 19.8 Å². The Morgan fingerprint density at radius 3 is 1.84 bits per heavy atom. The average Bonchev–Trinajstić information content (AvgIpc) is 3.12. The van der Waals surface area contributed by atoms with Crippen molar-refractivity contribution in [2.45, 2.75) is 69.5 Å². The van der Waals surface area contributed by atoms with Crippen molar-refractivity contribution in [2.24, 2.45) is 0 Å². The van der Waals surface area contributed by atoms with Crippen LogP contribution in [-0.2, 0) is 36.9 Å². The van der Waals surface area contributed by atoms with E-state index >= 15 is 0 Å². The molecule has 0 amide bonds. The highest BCUT2D eigenvalue weighted by Crippen LogP contribution is 2.41. The molecule has 1 heterocycles. The first kappa shape index (κ1) is 23.1. The Labute approximate surface area is 189 Å². The van der Waals surface area contributed by atoms with Crippen molar-refractivity contribution in [3.8, 4) is 0 Å². The summed E-state index contributed by atoms with van der Waals surface area (Å²) in [6, 6.07) is 19.7. The van der Waals surface area contributed by atoms with E-state index in [0.29, 0.717) is 13.2 Å². The highest BCUT2D eigenvalue weighted by Gasteiger charge is 2.59. The maximum absolute atomic E-state index is 11.3. The molecule has 6 nitrogen and oxygen atoms in total. The summed E-state index contributed by atoms with van der Waals surface area (Å²) in [5.41, 5.74) is 2.04. The minimum absolute atomic E-state index is 0.278. The van der Waals surface area contributed by atoms with Gasteiger partial charge < -0.3 is 28.8 Å². The van der Waals surface area contributed by atoms with Crippen molar-refractivity contribution in [3.05, 3.63) is 84.4 Å². The lowest BCUT2D eigenvalue weighted by molar-refractivity contribution is -0.233. The average molecular weight is 441 g/mol. The van der Waals surface area contributed by atoms with Crippen LogP contribution in [0.2, 0.25) is 0 Å². The van der Waals surface area contributed by atoms with E-state index in [9.17, 15) is 5.11 Å². The van der Waals surface area contributed by atoms with Gasteiger partial charge in [0.15, 0.2) is 5.79 Å². The third-order valence-corrected chi connectivity index (χ3v) is 5.79. The standard InChI is InChI=1S/C26H32O6/c1-4-15-28-21-20(27)22(29-16-18-11-7-5-8-12-18)24-25(32-26(2,3)31-24)23(21)30-17-19-13-9-6-10-14-19/h4-14,20-25,27H,1,15-17H2,2-3H3/t20-,21-,22+,23+,24-,25-/m0/s1. The van der Waals surface area contributed by atoms with E-state index in [0.717, 1.165) is 11.1 Å². The largest absolute Gasteiger partial charge is 0.387 e. The van der Waals surface area contributed by atoms with Gasteiger partial charge in [-0.2, -0.15) is 0 Å². The molecule has 0 radical (unpaired) electrons. The Balaban J connectivity index is 1.56. The maximum Gasteiger partial charge on any atom is 0.164 e. The number of hydrogen-bond acceptors (Lipinski definition) is 6. The predicted molar refractivity (Wildman–Crippen MR) is 120 cm³/mol. The number of aliphatic hydroxyl groups excluding tert-OH is 1. The van der Waals surface area contributed by atoms with Crippen molar-refractivity contribution in [3.63, 3.8) is 0 Å². The minimum Gasteiger partial charge on any atom is -0.387 e. The van der Waals surface area contributed by atoms with Crippen LogP contribution in [0.3, 0.4) is 0 Å². The smallest absolute Gasteiger partial charge is 0.164 e. The molecule has 0 spiro atoms. The summed E-state index contributed by atoms with van der Waals surface area (Å²) in [7, 11) is 0. The molecule has 2 aromatic carbocycles. The SMILES string of the molecule is C=CCO[C@H]1[C@H](O)[C@@H](OCc2ccccc2)[C@@H]2OC(C)(C)O[C@H]2[C@@H]1OCc1ccccc1. The second-order valence-corrected chi connectivity index (χ2v) is 8.66. The van der Waals surface area contributed by atoms with Gasteiger partial charge in [-0.3, -0.25) is 0 Å². The molecule has 6 heteroatoms. The van der Waals surface area contributed by atoms with Crippen LogP contribution in [0.15, 0.2) is 73.3 Å². The van der Waals surface area contributed by atoms with Crippen molar-refractivity contribution in [1.82, 2.24) is 0 Å². The molecule has 1 aliphatic carbocycles. The van der Waals surface area contributed by atoms with Crippen molar-refractivity contribution >= 4 is 0 Å². The molecule has 4 rings (SSSR count). The van der Waals surface area contributed by atoms with Crippen LogP contribution < -0.4 is 0 Å². The predicted octanol–water partition coefficient (Wildman–Crippen LogP) is 3.62. The quantitative estimate of drug-likeness (QED) is 0.601. The fraction of sp³-hybridized carbons (Fsp3) is 0.462. The molecule has 2 aliphatic rings. The second-order valence-electron chi connectivity index (χ2n) is 8.66. The lowest BCUT2D eigenvalue weighted by Gasteiger charge is -2.44. The van der Waals surface area contributed by atoms with Gasteiger partial charge in [0.25, 0.3) is 0 Å². The van der Waals surface area contributed by atoms with Gasteiger partial charge >= 0.3 is 0 Å². The monoisotopic (exact) mass is 440 g/mol. The molecule has 0 unspecified atom stereocenters. The number of aliphatic hydroxyl groups is 1. The first-order valence-corrected chi connectivity index (χ1v) is 11.1. The molecule has 1 saturated carbocycles. The molecule has 2 aromatic rings. The van der Waals surface area contributed by atoms with Gasteiger partial charge in [0, 0.05) is 0 Å². The molecule has 32 heavy (non-hydrogen) atoms. The van der Waals surface area contributed by atoms with Crippen LogP contribution in [-0.4, -0.2) is 54.1 Å². The van der Waals surface area contributed by atoms with Crippen LogP contribution in [0.25, 0.3) is 0 Å². The number of ether oxygens (including phenoxy) is 5. The van der Waals surface area contributed by atoms with Gasteiger partial charge in [0.2, 0.25) is 0 Å². The molecule has 1 N–H and O–H groups in total. The Morgan fingerprint density at radius 2 is 1.31 bits per heavy atom. The molecule has 0 aromatic heterocycles. The molecular weight excluding hydrogens is 408 g/mol. The minimum atomic E-state index is -0.960. The van der Waals surface area contributed by atoms with Crippen molar-refractivity contribution in [2.75, 3.05) is 6.61 Å². The zero-order valence-corrected chi connectivity index (χ0v) is 18.6. The Bertz CT molecular complexity index is 855. The summed E-state index contributed by atoms with van der Waals surface area (Å²) in [5, 5.41) is 11.3. The van der Waals surface area contributed by atoms with E-state index in [1.165, 1.54) is 0 Å². The van der Waals surface area contributed by atoms with Gasteiger partial charge in [0.1, 0.15) is 36.6 Å². The van der Waals surface area contributed by atoms with E-state index in [1.54, 1.807) is 6.08 Å². The van der Waals surface area contributed by atoms with E-state index in [-0.39, 0.29) is 6.61 Å². The molecule has 1 aliphatic heterocycles. The number of fused-ring (bicyclic) bond motifs is 1. The number of hydrogen-bond donors (Lipinski definition) is 1. The molecule has 0 bridgehead atoms. The third kappa shape index (κ3) is 5.29. The van der Waals surface area contributed by atoms with Gasteiger partial charge in [-0.15, -0.1) is 6.58 Å². The molecule has 2 fully saturated rings. The topological polar surface area (TPSA) is 66.4 Å². The number of benzene rings is 2. The van der Waals surface area contributed by atoms with Crippen LogP contribution >= 0.6 is 0 Å². The Hall–Kier alpha value is -2.06. The Morgan fingerprint density at radius 1 is 0.812 bits per heavy atom. The van der Waals surface area contributed by atoms with Gasteiger partial charge in [-0.1, -0.05) is 66.7 Å². The summed E-state index contributed by atoms with van der Waals surface area (Å²) in [6.07, 6.45) is -2.07. The van der Waals surface area contributed by atoms with Crippen molar-refractivity contribution < 1.29 is 28.8 Å². The summed E-state index contributed by atoms with van der Waals surface area (Å²) in [6.45, 7) is 8.45. The fourth-order valence-electron chi connectivity index (χ4n) is 4.38. The maximum atomic E-state index is 11.3. The third-order valence-electron chi connectivity index (χ3n) is 5.79. The fourth-order valence-corrected chi connectivity index (χ4v) is 4.38. The van der Waals surface area contributed by atoms with E-state index in [1.807, 2.05) is 74.5 Å². The zero-order chi connectivity index (χ0) is 22.6. The van der Waals surface area contributed by atoms with Gasteiger partial charge in [-0.25, -0.2) is 0 Å². The second kappa shape index (κ2) is 10.3. The van der Waals surface area contributed by atoms with E-state index in [4.69, 9.17) is 23.7 Å². The van der Waals surface area contributed by atoms with Crippen LogP contribution in [0.5, 0.6) is 0 Å². The Kier molecular flexibility index (Phi) is 7.40. The normalized spacial score (nSPS) is 31.2. The highest BCUT2D eigenvalue weighted by molar-refractivity contribution is 5.15. The summed E-state index contributed by atoms with van der Waals surface area (Å²) in [5.74, 6) is -0.828. The van der Waals surface area contributed by atoms with Gasteiger partial charge in [-0.05, 0) is 25.0 Å².